The van der Waals surface area contributed by atoms with Gasteiger partial charge in [0.05, 0.1) is 17.1 Å². The molecule has 2 aromatic rings. The molecule has 0 heterocycles. The normalized spacial score (nSPS) is 15.0. The van der Waals surface area contributed by atoms with E-state index in [2.05, 4.69) is 10.0 Å². The number of anilines is 1. The van der Waals surface area contributed by atoms with Gasteiger partial charge in [-0.2, -0.15) is 0 Å². The second kappa shape index (κ2) is 10.6. The van der Waals surface area contributed by atoms with E-state index in [1.165, 1.54) is 12.1 Å². The second-order valence-corrected chi connectivity index (χ2v) is 8.99. The van der Waals surface area contributed by atoms with E-state index < -0.39 is 10.0 Å². The molecule has 30 heavy (non-hydrogen) atoms. The van der Waals surface area contributed by atoms with Crippen LogP contribution in [0.3, 0.4) is 0 Å². The first-order valence-corrected chi connectivity index (χ1v) is 11.6. The first-order chi connectivity index (χ1) is 14.5. The van der Waals surface area contributed by atoms with Gasteiger partial charge < -0.3 is 14.8 Å². The third-order valence-electron chi connectivity index (χ3n) is 5.03. The van der Waals surface area contributed by atoms with Crippen LogP contribution in [0.2, 0.25) is 0 Å². The molecule has 1 amide bonds. The number of methoxy groups -OCH3 is 1. The third-order valence-corrected chi connectivity index (χ3v) is 6.56. The first kappa shape index (κ1) is 22.3. The van der Waals surface area contributed by atoms with Crippen LogP contribution >= 0.6 is 0 Å². The Bertz CT molecular complexity index is 938. The molecule has 3 rings (SSSR count). The molecule has 0 aliphatic heterocycles. The summed E-state index contributed by atoms with van der Waals surface area (Å²) in [5.41, 5.74) is 0.896. The molecule has 162 valence electrons. The van der Waals surface area contributed by atoms with Crippen LogP contribution in [0.25, 0.3) is 0 Å². The quantitative estimate of drug-likeness (QED) is 0.591. The van der Waals surface area contributed by atoms with Crippen molar-refractivity contribution in [3.63, 3.8) is 0 Å². The van der Waals surface area contributed by atoms with Crippen molar-refractivity contribution in [1.29, 1.82) is 0 Å². The molecule has 7 nitrogen and oxygen atoms in total. The van der Waals surface area contributed by atoms with E-state index in [4.69, 9.17) is 9.47 Å². The van der Waals surface area contributed by atoms with E-state index in [0.717, 1.165) is 32.1 Å². The smallest absolute Gasteiger partial charge is 0.259 e. The number of benzene rings is 2. The van der Waals surface area contributed by atoms with Gasteiger partial charge in [-0.1, -0.05) is 31.4 Å². The van der Waals surface area contributed by atoms with Crippen molar-refractivity contribution in [2.24, 2.45) is 0 Å². The molecule has 1 fully saturated rings. The Balaban J connectivity index is 1.65. The summed E-state index contributed by atoms with van der Waals surface area (Å²) >= 11 is 0. The molecule has 0 bridgehead atoms. The lowest BCUT2D eigenvalue weighted by Gasteiger charge is -2.22. The van der Waals surface area contributed by atoms with Gasteiger partial charge in [0.25, 0.3) is 5.91 Å². The predicted molar refractivity (Wildman–Crippen MR) is 115 cm³/mol. The highest BCUT2D eigenvalue weighted by Gasteiger charge is 2.22. The van der Waals surface area contributed by atoms with Crippen LogP contribution in [-0.4, -0.2) is 40.7 Å². The number of nitrogens with one attached hydrogen (secondary N) is 2. The number of ether oxygens (including phenoxy) is 2. The van der Waals surface area contributed by atoms with Crippen molar-refractivity contribution < 1.29 is 22.7 Å². The highest BCUT2D eigenvalue weighted by Crippen LogP contribution is 2.22. The Morgan fingerprint density at radius 3 is 2.40 bits per heavy atom. The molecule has 8 heteroatoms. The number of sulfonamides is 1. The van der Waals surface area contributed by atoms with E-state index in [1.54, 1.807) is 43.5 Å². The number of para-hydroxylation sites is 1. The molecule has 1 saturated carbocycles. The number of rotatable bonds is 9. The molecule has 0 radical (unpaired) electrons. The average Bonchev–Trinajstić information content (AvgIpc) is 2.75. The fourth-order valence-electron chi connectivity index (χ4n) is 3.44. The van der Waals surface area contributed by atoms with Crippen molar-refractivity contribution >= 4 is 21.6 Å². The number of carbonyl (C=O) groups excluding carboxylic acids is 1. The molecule has 0 saturated heterocycles. The predicted octanol–water partition coefficient (Wildman–Crippen LogP) is 3.58. The van der Waals surface area contributed by atoms with Gasteiger partial charge in [-0.3, -0.25) is 4.79 Å². The van der Waals surface area contributed by atoms with Crippen LogP contribution in [-0.2, 0) is 14.8 Å². The van der Waals surface area contributed by atoms with E-state index >= 15 is 0 Å². The summed E-state index contributed by atoms with van der Waals surface area (Å²) in [5, 5.41) is 2.78. The monoisotopic (exact) mass is 432 g/mol. The van der Waals surface area contributed by atoms with Crippen LogP contribution in [0.5, 0.6) is 5.75 Å². The van der Waals surface area contributed by atoms with Crippen molar-refractivity contribution in [2.75, 3.05) is 25.6 Å². The largest absolute Gasteiger partial charge is 0.490 e. The summed E-state index contributed by atoms with van der Waals surface area (Å²) in [7, 11) is -1.99. The van der Waals surface area contributed by atoms with Crippen LogP contribution in [0, 0.1) is 0 Å². The molecule has 2 aromatic carbocycles. The molecule has 0 atom stereocenters. The standard InChI is InChI=1S/C22H28N2O5S/c1-28-15-16-29-21-10-6-5-9-20(21)22(25)23-17-11-13-19(14-12-17)30(26,27)24-18-7-3-2-4-8-18/h5-6,9-14,18,24H,2-4,7-8,15-16H2,1H3,(H,23,25). The van der Waals surface area contributed by atoms with Crippen LogP contribution in [0.4, 0.5) is 5.69 Å². The van der Waals surface area contributed by atoms with Crippen molar-refractivity contribution in [1.82, 2.24) is 4.72 Å². The minimum absolute atomic E-state index is 0.00209. The Labute approximate surface area is 177 Å². The minimum atomic E-state index is -3.57. The van der Waals surface area contributed by atoms with Gasteiger partial charge in [-0.05, 0) is 49.2 Å². The fraction of sp³-hybridized carbons (Fsp3) is 0.409. The van der Waals surface area contributed by atoms with Gasteiger partial charge >= 0.3 is 0 Å². The zero-order valence-corrected chi connectivity index (χ0v) is 17.9. The Kier molecular flexibility index (Phi) is 7.84. The lowest BCUT2D eigenvalue weighted by molar-refractivity contribution is 0.101. The number of hydrogen-bond donors (Lipinski definition) is 2. The SMILES string of the molecule is COCCOc1ccccc1C(=O)Nc1ccc(S(=O)(=O)NC2CCCCC2)cc1. The second-order valence-electron chi connectivity index (χ2n) is 7.27. The zero-order chi connectivity index (χ0) is 21.4. The highest BCUT2D eigenvalue weighted by molar-refractivity contribution is 7.89. The summed E-state index contributed by atoms with van der Waals surface area (Å²) < 4.78 is 38.6. The summed E-state index contributed by atoms with van der Waals surface area (Å²) in [6, 6.07) is 13.1. The Morgan fingerprint density at radius 2 is 1.70 bits per heavy atom. The summed E-state index contributed by atoms with van der Waals surface area (Å²) in [6.07, 6.45) is 5.01. The van der Waals surface area contributed by atoms with Crippen LogP contribution < -0.4 is 14.8 Å². The van der Waals surface area contributed by atoms with E-state index in [9.17, 15) is 13.2 Å². The van der Waals surface area contributed by atoms with Crippen molar-refractivity contribution in [3.8, 4) is 5.75 Å². The van der Waals surface area contributed by atoms with E-state index in [0.29, 0.717) is 30.2 Å². The van der Waals surface area contributed by atoms with Gasteiger partial charge in [0.15, 0.2) is 0 Å². The van der Waals surface area contributed by atoms with Crippen LogP contribution in [0.1, 0.15) is 42.5 Å². The number of hydrogen-bond acceptors (Lipinski definition) is 5. The summed E-state index contributed by atoms with van der Waals surface area (Å²) in [4.78, 5) is 12.8. The fourth-order valence-corrected chi connectivity index (χ4v) is 4.74. The van der Waals surface area contributed by atoms with Gasteiger partial charge in [0.2, 0.25) is 10.0 Å². The lowest BCUT2D eigenvalue weighted by atomic mass is 9.96. The van der Waals surface area contributed by atoms with Gasteiger partial charge in [-0.25, -0.2) is 13.1 Å². The summed E-state index contributed by atoms with van der Waals surface area (Å²) in [5.74, 6) is 0.127. The molecular formula is C22H28N2O5S. The maximum absolute atomic E-state index is 12.7. The van der Waals surface area contributed by atoms with Gasteiger partial charge in [-0.15, -0.1) is 0 Å². The molecule has 0 aromatic heterocycles. The minimum Gasteiger partial charge on any atom is -0.490 e. The molecule has 1 aliphatic rings. The highest BCUT2D eigenvalue weighted by atomic mass is 32.2. The first-order valence-electron chi connectivity index (χ1n) is 10.1. The number of amides is 1. The molecular weight excluding hydrogens is 404 g/mol. The topological polar surface area (TPSA) is 93.7 Å². The van der Waals surface area contributed by atoms with Gasteiger partial charge in [0, 0.05) is 18.8 Å². The molecule has 2 N–H and O–H groups in total. The third kappa shape index (κ3) is 6.04. The van der Waals surface area contributed by atoms with Crippen molar-refractivity contribution in [2.45, 2.75) is 43.0 Å². The molecule has 0 unspecified atom stereocenters. The molecule has 1 aliphatic carbocycles. The van der Waals surface area contributed by atoms with Crippen LogP contribution in [0.15, 0.2) is 53.4 Å². The zero-order valence-electron chi connectivity index (χ0n) is 17.1. The van der Waals surface area contributed by atoms with Crippen molar-refractivity contribution in [3.05, 3.63) is 54.1 Å². The lowest BCUT2D eigenvalue weighted by Crippen LogP contribution is -2.36. The molecule has 0 spiro atoms. The Morgan fingerprint density at radius 1 is 1.00 bits per heavy atom. The maximum Gasteiger partial charge on any atom is 0.259 e. The maximum atomic E-state index is 12.7. The summed E-state index contributed by atoms with van der Waals surface area (Å²) in [6.45, 7) is 0.752. The Hall–Kier alpha value is -2.42. The van der Waals surface area contributed by atoms with E-state index in [1.807, 2.05) is 0 Å². The average molecular weight is 433 g/mol. The van der Waals surface area contributed by atoms with E-state index in [-0.39, 0.29) is 16.8 Å². The van der Waals surface area contributed by atoms with Gasteiger partial charge in [0.1, 0.15) is 12.4 Å². The number of carbonyl (C=O) groups is 1.